The van der Waals surface area contributed by atoms with Gasteiger partial charge in [0.05, 0.1) is 3.79 Å². The van der Waals surface area contributed by atoms with Gasteiger partial charge in [-0.15, -0.1) is 11.3 Å². The molecule has 0 bridgehead atoms. The summed E-state index contributed by atoms with van der Waals surface area (Å²) in [6, 6.07) is 2.00. The molecule has 1 aromatic rings. The number of hydrogen-bond donors (Lipinski definition) is 1. The highest BCUT2D eigenvalue weighted by molar-refractivity contribution is 9.11. The van der Waals surface area contributed by atoms with E-state index in [0.717, 1.165) is 9.35 Å². The molecule has 0 radical (unpaired) electrons. The predicted octanol–water partition coefficient (Wildman–Crippen LogP) is 2.46. The zero-order chi connectivity index (χ0) is 7.56. The Kier molecular flexibility index (Phi) is 2.85. The maximum atomic E-state index is 5.00. The van der Waals surface area contributed by atoms with Crippen LogP contribution in [0.25, 0.3) is 0 Å². The first-order chi connectivity index (χ1) is 4.74. The molecule has 0 aliphatic rings. The molecular formula is C6H8BrNOS. The third kappa shape index (κ3) is 1.79. The molecule has 10 heavy (non-hydrogen) atoms. The smallest absolute Gasteiger partial charge is 0.102 e. The summed E-state index contributed by atoms with van der Waals surface area (Å²) >= 11 is 4.98. The number of halogens is 1. The van der Waals surface area contributed by atoms with Gasteiger partial charge in [0.15, 0.2) is 0 Å². The van der Waals surface area contributed by atoms with Crippen molar-refractivity contribution in [3.05, 3.63) is 20.8 Å². The highest BCUT2D eigenvalue weighted by atomic mass is 79.9. The predicted molar refractivity (Wildman–Crippen MR) is 45.7 cm³/mol. The van der Waals surface area contributed by atoms with Crippen LogP contribution in [-0.2, 0) is 4.84 Å². The van der Waals surface area contributed by atoms with Crippen LogP contribution in [0.2, 0.25) is 0 Å². The second-order valence-electron chi connectivity index (χ2n) is 1.96. The van der Waals surface area contributed by atoms with Crippen molar-refractivity contribution in [3.8, 4) is 0 Å². The molecular weight excluding hydrogens is 214 g/mol. The summed E-state index contributed by atoms with van der Waals surface area (Å²) in [5.74, 6) is 5.00. The molecule has 2 nitrogen and oxygen atoms in total. The molecule has 4 heteroatoms. The molecule has 1 atom stereocenters. The molecule has 0 fully saturated rings. The SMILES string of the molecule is CC(ON)c1csc(Br)c1. The standard InChI is InChI=1S/C6H8BrNOS/c1-4(9-8)5-2-6(7)10-3-5/h2-4H,8H2,1H3. The van der Waals surface area contributed by atoms with E-state index in [0.29, 0.717) is 0 Å². The topological polar surface area (TPSA) is 35.2 Å². The first-order valence-corrected chi connectivity index (χ1v) is 4.50. The second-order valence-corrected chi connectivity index (χ2v) is 4.25. The lowest BCUT2D eigenvalue weighted by atomic mass is 10.2. The Balaban J connectivity index is 2.74. The third-order valence-corrected chi connectivity index (χ3v) is 2.78. The molecule has 56 valence electrons. The van der Waals surface area contributed by atoms with Crippen LogP contribution in [0.5, 0.6) is 0 Å². The van der Waals surface area contributed by atoms with Crippen molar-refractivity contribution < 1.29 is 4.84 Å². The van der Waals surface area contributed by atoms with Crippen LogP contribution in [0.1, 0.15) is 18.6 Å². The average Bonchev–Trinajstić information content (AvgIpc) is 2.34. The van der Waals surface area contributed by atoms with Crippen molar-refractivity contribution in [3.63, 3.8) is 0 Å². The minimum Gasteiger partial charge on any atom is -0.297 e. The zero-order valence-corrected chi connectivity index (χ0v) is 7.91. The van der Waals surface area contributed by atoms with Gasteiger partial charge in [0, 0.05) is 0 Å². The van der Waals surface area contributed by atoms with Crippen LogP contribution in [0.4, 0.5) is 0 Å². The van der Waals surface area contributed by atoms with Crippen molar-refractivity contribution >= 4 is 27.3 Å². The van der Waals surface area contributed by atoms with Crippen LogP contribution in [-0.4, -0.2) is 0 Å². The van der Waals surface area contributed by atoms with Gasteiger partial charge in [0.25, 0.3) is 0 Å². The van der Waals surface area contributed by atoms with Gasteiger partial charge in [0.1, 0.15) is 6.10 Å². The monoisotopic (exact) mass is 221 g/mol. The normalized spacial score (nSPS) is 13.5. The molecule has 1 heterocycles. The van der Waals surface area contributed by atoms with Crippen molar-refractivity contribution in [1.29, 1.82) is 0 Å². The van der Waals surface area contributed by atoms with Gasteiger partial charge in [0.2, 0.25) is 0 Å². The van der Waals surface area contributed by atoms with Gasteiger partial charge >= 0.3 is 0 Å². The van der Waals surface area contributed by atoms with Crippen LogP contribution >= 0.6 is 27.3 Å². The molecule has 0 aliphatic carbocycles. The third-order valence-electron chi connectivity index (χ3n) is 1.26. The van der Waals surface area contributed by atoms with Gasteiger partial charge in [-0.05, 0) is 39.9 Å². The molecule has 0 saturated heterocycles. The Morgan fingerprint density at radius 2 is 2.50 bits per heavy atom. The minimum atomic E-state index is -0.0115. The Morgan fingerprint density at radius 1 is 1.80 bits per heavy atom. The number of thiophene rings is 1. The molecule has 1 rings (SSSR count). The summed E-state index contributed by atoms with van der Waals surface area (Å²) in [5.41, 5.74) is 1.11. The number of nitrogens with two attached hydrogens (primary N) is 1. The summed E-state index contributed by atoms with van der Waals surface area (Å²) in [4.78, 5) is 4.64. The van der Waals surface area contributed by atoms with E-state index < -0.39 is 0 Å². The Hall–Kier alpha value is 0.100. The molecule has 0 spiro atoms. The maximum Gasteiger partial charge on any atom is 0.102 e. The van der Waals surface area contributed by atoms with Crippen LogP contribution in [0.15, 0.2) is 15.2 Å². The van der Waals surface area contributed by atoms with Crippen molar-refractivity contribution in [2.45, 2.75) is 13.0 Å². The van der Waals surface area contributed by atoms with Gasteiger partial charge < -0.3 is 0 Å². The molecule has 2 N–H and O–H groups in total. The highest BCUT2D eigenvalue weighted by Gasteiger charge is 2.05. The fourth-order valence-corrected chi connectivity index (χ4v) is 1.87. The molecule has 1 aromatic heterocycles. The lowest BCUT2D eigenvalue weighted by Crippen LogP contribution is -2.03. The van der Waals surface area contributed by atoms with Gasteiger partial charge in [-0.1, -0.05) is 0 Å². The lowest BCUT2D eigenvalue weighted by Gasteiger charge is -2.03. The zero-order valence-electron chi connectivity index (χ0n) is 5.50. The minimum absolute atomic E-state index is 0.0115. The van der Waals surface area contributed by atoms with E-state index >= 15 is 0 Å². The molecule has 1 unspecified atom stereocenters. The summed E-state index contributed by atoms with van der Waals surface area (Å²) in [5, 5.41) is 2.02. The Bertz CT molecular complexity index is 213. The Morgan fingerprint density at radius 3 is 2.90 bits per heavy atom. The van der Waals surface area contributed by atoms with E-state index in [1.54, 1.807) is 11.3 Å². The fraction of sp³-hybridized carbons (Fsp3) is 0.333. The highest BCUT2D eigenvalue weighted by Crippen LogP contribution is 2.25. The van der Waals surface area contributed by atoms with Crippen molar-refractivity contribution in [2.75, 3.05) is 0 Å². The van der Waals surface area contributed by atoms with Gasteiger partial charge in [-0.3, -0.25) is 4.84 Å². The largest absolute Gasteiger partial charge is 0.297 e. The fourth-order valence-electron chi connectivity index (χ4n) is 0.615. The number of hydrogen-bond acceptors (Lipinski definition) is 3. The molecule has 0 amide bonds. The summed E-state index contributed by atoms with van der Waals surface area (Å²) in [6.07, 6.45) is -0.0115. The second kappa shape index (κ2) is 3.48. The quantitative estimate of drug-likeness (QED) is 0.780. The average molecular weight is 222 g/mol. The van der Waals surface area contributed by atoms with Crippen LogP contribution < -0.4 is 5.90 Å². The van der Waals surface area contributed by atoms with Crippen molar-refractivity contribution in [1.82, 2.24) is 0 Å². The van der Waals surface area contributed by atoms with Crippen LogP contribution in [0.3, 0.4) is 0 Å². The van der Waals surface area contributed by atoms with E-state index in [4.69, 9.17) is 5.90 Å². The molecule has 0 aromatic carbocycles. The first-order valence-electron chi connectivity index (χ1n) is 2.83. The van der Waals surface area contributed by atoms with E-state index in [9.17, 15) is 0 Å². The Labute approximate surface area is 72.1 Å². The van der Waals surface area contributed by atoms with E-state index in [2.05, 4.69) is 20.8 Å². The number of rotatable bonds is 2. The first kappa shape index (κ1) is 8.20. The van der Waals surface area contributed by atoms with E-state index in [1.165, 1.54) is 0 Å². The van der Waals surface area contributed by atoms with Crippen molar-refractivity contribution in [2.24, 2.45) is 5.90 Å². The maximum absolute atomic E-state index is 5.00. The van der Waals surface area contributed by atoms with E-state index in [1.807, 2.05) is 18.4 Å². The molecule has 0 aliphatic heterocycles. The van der Waals surface area contributed by atoms with Crippen LogP contribution in [0, 0.1) is 0 Å². The summed E-state index contributed by atoms with van der Waals surface area (Å²) in [7, 11) is 0. The van der Waals surface area contributed by atoms with Gasteiger partial charge in [-0.2, -0.15) is 0 Å². The van der Waals surface area contributed by atoms with E-state index in [-0.39, 0.29) is 6.10 Å². The summed E-state index contributed by atoms with van der Waals surface area (Å²) < 4.78 is 1.10. The molecule has 0 saturated carbocycles. The summed E-state index contributed by atoms with van der Waals surface area (Å²) in [6.45, 7) is 1.91. The van der Waals surface area contributed by atoms with Gasteiger partial charge in [-0.25, -0.2) is 5.90 Å². The lowest BCUT2D eigenvalue weighted by molar-refractivity contribution is 0.0667.